The highest BCUT2D eigenvalue weighted by atomic mass is 127. The summed E-state index contributed by atoms with van der Waals surface area (Å²) in [5.74, 6) is 0.392. The number of carbonyl (C=O) groups is 1. The fourth-order valence-electron chi connectivity index (χ4n) is 2.84. The summed E-state index contributed by atoms with van der Waals surface area (Å²) in [5, 5.41) is 6.70. The lowest BCUT2D eigenvalue weighted by Crippen LogP contribution is -2.46. The molecule has 0 spiro atoms. The number of carbonyl (C=O) groups excluding carboxylic acids is 1. The molecule has 128 valence electrons. The number of halogens is 1. The number of nitrogens with zero attached hydrogens (tertiary/aromatic N) is 1. The van der Waals surface area contributed by atoms with Crippen molar-refractivity contribution >= 4 is 35.8 Å². The quantitative estimate of drug-likeness (QED) is 0.369. The second-order valence-electron chi connectivity index (χ2n) is 6.05. The molecule has 0 saturated heterocycles. The first-order chi connectivity index (χ1) is 10.6. The minimum Gasteiger partial charge on any atom is -0.366 e. The van der Waals surface area contributed by atoms with Crippen molar-refractivity contribution in [3.8, 4) is 0 Å². The molecular formula is C17H27IN4O. The summed E-state index contributed by atoms with van der Waals surface area (Å²) >= 11 is 0. The van der Waals surface area contributed by atoms with Crippen molar-refractivity contribution < 1.29 is 4.79 Å². The summed E-state index contributed by atoms with van der Waals surface area (Å²) < 4.78 is 0. The van der Waals surface area contributed by atoms with E-state index >= 15 is 0 Å². The fraction of sp³-hybridized carbons (Fsp3) is 0.529. The molecular weight excluding hydrogens is 403 g/mol. The lowest BCUT2D eigenvalue weighted by atomic mass is 9.67. The third-order valence-electron chi connectivity index (χ3n) is 4.69. The molecule has 1 amide bonds. The highest BCUT2D eigenvalue weighted by Crippen LogP contribution is 2.42. The van der Waals surface area contributed by atoms with Crippen LogP contribution in [0.25, 0.3) is 0 Å². The molecule has 0 atom stereocenters. The molecule has 1 fully saturated rings. The number of guanidine groups is 1. The van der Waals surface area contributed by atoms with Crippen molar-refractivity contribution in [1.29, 1.82) is 0 Å². The summed E-state index contributed by atoms with van der Waals surface area (Å²) in [6, 6.07) is 7.34. The average Bonchev–Trinajstić information content (AvgIpc) is 2.49. The Labute approximate surface area is 155 Å². The van der Waals surface area contributed by atoms with Gasteiger partial charge in [-0.25, -0.2) is 0 Å². The smallest absolute Gasteiger partial charge is 0.248 e. The lowest BCUT2D eigenvalue weighted by molar-refractivity contribution is 0.1000. The fourth-order valence-corrected chi connectivity index (χ4v) is 2.84. The zero-order chi connectivity index (χ0) is 16.0. The molecule has 5 nitrogen and oxygen atoms in total. The van der Waals surface area contributed by atoms with E-state index in [1.54, 1.807) is 13.1 Å². The molecule has 2 rings (SSSR count). The predicted octanol–water partition coefficient (Wildman–Crippen LogP) is 2.65. The maximum absolute atomic E-state index is 11.2. The van der Waals surface area contributed by atoms with Crippen molar-refractivity contribution in [3.63, 3.8) is 0 Å². The first-order valence-electron chi connectivity index (χ1n) is 7.92. The Balaban J connectivity index is 0.00000264. The average molecular weight is 430 g/mol. The van der Waals surface area contributed by atoms with E-state index in [-0.39, 0.29) is 24.0 Å². The SMILES string of the molecule is CCC1(CNC(=NC)NCc2cccc(C(N)=O)c2)CCC1.I. The van der Waals surface area contributed by atoms with Crippen LogP contribution in [-0.2, 0) is 6.54 Å². The number of amides is 1. The molecule has 4 N–H and O–H groups in total. The summed E-state index contributed by atoms with van der Waals surface area (Å²) in [4.78, 5) is 15.5. The maximum Gasteiger partial charge on any atom is 0.248 e. The third-order valence-corrected chi connectivity index (χ3v) is 4.69. The summed E-state index contributed by atoms with van der Waals surface area (Å²) in [7, 11) is 1.77. The van der Waals surface area contributed by atoms with Crippen LogP contribution in [0.15, 0.2) is 29.3 Å². The van der Waals surface area contributed by atoms with E-state index in [4.69, 9.17) is 5.73 Å². The number of benzene rings is 1. The van der Waals surface area contributed by atoms with Gasteiger partial charge < -0.3 is 16.4 Å². The van der Waals surface area contributed by atoms with Crippen LogP contribution < -0.4 is 16.4 Å². The third kappa shape index (κ3) is 5.37. The molecule has 6 heteroatoms. The Hall–Kier alpha value is -1.31. The van der Waals surface area contributed by atoms with Crippen molar-refractivity contribution in [1.82, 2.24) is 10.6 Å². The van der Waals surface area contributed by atoms with Crippen LogP contribution in [0.4, 0.5) is 0 Å². The molecule has 1 aliphatic rings. The first-order valence-corrected chi connectivity index (χ1v) is 7.92. The molecule has 1 saturated carbocycles. The van der Waals surface area contributed by atoms with Gasteiger partial charge in [0.15, 0.2) is 5.96 Å². The normalized spacial score (nSPS) is 16.0. The molecule has 0 unspecified atom stereocenters. The van der Waals surface area contributed by atoms with Gasteiger partial charge in [-0.2, -0.15) is 0 Å². The van der Waals surface area contributed by atoms with Crippen molar-refractivity contribution in [3.05, 3.63) is 35.4 Å². The highest BCUT2D eigenvalue weighted by molar-refractivity contribution is 14.0. The monoisotopic (exact) mass is 430 g/mol. The maximum atomic E-state index is 11.2. The van der Waals surface area contributed by atoms with Gasteiger partial charge in [0.25, 0.3) is 0 Å². The molecule has 23 heavy (non-hydrogen) atoms. The second-order valence-corrected chi connectivity index (χ2v) is 6.05. The molecule has 0 radical (unpaired) electrons. The van der Waals surface area contributed by atoms with E-state index in [2.05, 4.69) is 22.5 Å². The van der Waals surface area contributed by atoms with Gasteiger partial charge in [-0.05, 0) is 42.4 Å². The number of nitrogens with one attached hydrogen (secondary N) is 2. The van der Waals surface area contributed by atoms with Crippen LogP contribution in [0.3, 0.4) is 0 Å². The van der Waals surface area contributed by atoms with Gasteiger partial charge in [0.2, 0.25) is 5.91 Å². The van der Waals surface area contributed by atoms with Gasteiger partial charge in [-0.3, -0.25) is 9.79 Å². The summed E-state index contributed by atoms with van der Waals surface area (Å²) in [6.07, 6.45) is 5.14. The van der Waals surface area contributed by atoms with Gasteiger partial charge in [0, 0.05) is 25.7 Å². The largest absolute Gasteiger partial charge is 0.366 e. The van der Waals surface area contributed by atoms with E-state index in [9.17, 15) is 4.79 Å². The van der Waals surface area contributed by atoms with Gasteiger partial charge in [-0.15, -0.1) is 24.0 Å². The molecule has 0 heterocycles. The number of primary amides is 1. The molecule has 1 aliphatic carbocycles. The Morgan fingerprint density at radius 3 is 2.61 bits per heavy atom. The molecule has 1 aromatic rings. The topological polar surface area (TPSA) is 79.5 Å². The zero-order valence-electron chi connectivity index (χ0n) is 13.9. The number of hydrogen-bond donors (Lipinski definition) is 3. The number of hydrogen-bond acceptors (Lipinski definition) is 2. The number of aliphatic imine (C=N–C) groups is 1. The summed E-state index contributed by atoms with van der Waals surface area (Å²) in [5.41, 5.74) is 7.29. The van der Waals surface area contributed by atoms with Crippen molar-refractivity contribution in [2.24, 2.45) is 16.1 Å². The van der Waals surface area contributed by atoms with Gasteiger partial charge in [-0.1, -0.05) is 25.5 Å². The van der Waals surface area contributed by atoms with Crippen LogP contribution in [0, 0.1) is 5.41 Å². The lowest BCUT2D eigenvalue weighted by Gasteiger charge is -2.41. The van der Waals surface area contributed by atoms with E-state index in [1.165, 1.54) is 25.7 Å². The molecule has 1 aromatic carbocycles. The minimum absolute atomic E-state index is 0. The highest BCUT2D eigenvalue weighted by Gasteiger charge is 2.34. The zero-order valence-corrected chi connectivity index (χ0v) is 16.2. The van der Waals surface area contributed by atoms with E-state index in [0.29, 0.717) is 17.5 Å². The molecule has 0 aliphatic heterocycles. The number of nitrogens with two attached hydrogens (primary N) is 1. The Kier molecular flexibility index (Phi) is 7.81. The van der Waals surface area contributed by atoms with E-state index in [0.717, 1.165) is 18.1 Å². The summed E-state index contributed by atoms with van der Waals surface area (Å²) in [6.45, 7) is 3.83. The van der Waals surface area contributed by atoms with Gasteiger partial charge >= 0.3 is 0 Å². The van der Waals surface area contributed by atoms with Crippen LogP contribution in [0.5, 0.6) is 0 Å². The van der Waals surface area contributed by atoms with Crippen LogP contribution >= 0.6 is 24.0 Å². The van der Waals surface area contributed by atoms with E-state index in [1.807, 2.05) is 18.2 Å². The Bertz CT molecular complexity index is 550. The molecule has 0 aromatic heterocycles. The first kappa shape index (κ1) is 19.7. The van der Waals surface area contributed by atoms with Crippen molar-refractivity contribution in [2.75, 3.05) is 13.6 Å². The second kappa shape index (κ2) is 9.10. The van der Waals surface area contributed by atoms with Crippen molar-refractivity contribution in [2.45, 2.75) is 39.2 Å². The minimum atomic E-state index is -0.403. The van der Waals surface area contributed by atoms with E-state index < -0.39 is 5.91 Å². The predicted molar refractivity (Wildman–Crippen MR) is 105 cm³/mol. The van der Waals surface area contributed by atoms with Crippen LogP contribution in [-0.4, -0.2) is 25.5 Å². The van der Waals surface area contributed by atoms with Crippen LogP contribution in [0.2, 0.25) is 0 Å². The van der Waals surface area contributed by atoms with Crippen LogP contribution in [0.1, 0.15) is 48.5 Å². The molecule has 0 bridgehead atoms. The number of rotatable bonds is 6. The Morgan fingerprint density at radius 2 is 2.09 bits per heavy atom. The standard InChI is InChI=1S/C17H26N4O.HI/c1-3-17(8-5-9-17)12-21-16(19-2)20-11-13-6-4-7-14(10-13)15(18)22;/h4,6-7,10H,3,5,8-9,11-12H2,1-2H3,(H2,18,22)(H2,19,20,21);1H. The Morgan fingerprint density at radius 1 is 1.35 bits per heavy atom. The van der Waals surface area contributed by atoms with Gasteiger partial charge in [0.05, 0.1) is 0 Å². The van der Waals surface area contributed by atoms with Gasteiger partial charge in [0.1, 0.15) is 0 Å².